The second kappa shape index (κ2) is 2.71. The first-order valence-electron chi connectivity index (χ1n) is 2.51. The minimum Gasteiger partial charge on any atom is -0.396 e. The zero-order valence-corrected chi connectivity index (χ0v) is 6.58. The second-order valence-corrected chi connectivity index (χ2v) is 2.51. The number of nitrogens with two attached hydrogens (primary N) is 1. The van der Waals surface area contributed by atoms with Crippen molar-refractivity contribution in [3.63, 3.8) is 0 Å². The van der Waals surface area contributed by atoms with E-state index in [1.165, 1.54) is 0 Å². The summed E-state index contributed by atoms with van der Waals surface area (Å²) >= 11 is 10.6. The van der Waals surface area contributed by atoms with Gasteiger partial charge in [-0.05, 0) is 0 Å². The largest absolute Gasteiger partial charge is 0.396 e. The van der Waals surface area contributed by atoms with Crippen LogP contribution in [0.4, 0.5) is 10.1 Å². The van der Waals surface area contributed by atoms with Crippen LogP contribution in [0.15, 0.2) is 0 Å². The van der Waals surface area contributed by atoms with Crippen LogP contribution in [-0.4, -0.2) is 4.98 Å². The van der Waals surface area contributed by atoms with Gasteiger partial charge in [0.15, 0.2) is 0 Å². The smallest absolute Gasteiger partial charge is 0.293 e. The standard InChI is InChI=1S/C5H2Cl2FN2O/c6-1-3(9)2(7)5(11)10-4(1)8/h(H2,9,10). The van der Waals surface area contributed by atoms with E-state index in [0.717, 1.165) is 0 Å². The van der Waals surface area contributed by atoms with Gasteiger partial charge in [0, 0.05) is 0 Å². The lowest BCUT2D eigenvalue weighted by atomic mass is 10.4. The summed E-state index contributed by atoms with van der Waals surface area (Å²) in [6.07, 6.45) is 0. The molecule has 0 bridgehead atoms. The van der Waals surface area contributed by atoms with Crippen LogP contribution >= 0.6 is 23.2 Å². The first kappa shape index (κ1) is 8.36. The normalized spacial score (nSPS) is 10.1. The maximum Gasteiger partial charge on any atom is 0.293 e. The maximum absolute atomic E-state index is 12.4. The van der Waals surface area contributed by atoms with Crippen molar-refractivity contribution in [3.05, 3.63) is 16.0 Å². The Morgan fingerprint density at radius 2 is 1.91 bits per heavy atom. The molecule has 11 heavy (non-hydrogen) atoms. The van der Waals surface area contributed by atoms with Crippen molar-refractivity contribution in [1.29, 1.82) is 0 Å². The zero-order chi connectivity index (χ0) is 8.59. The van der Waals surface area contributed by atoms with E-state index in [0.29, 0.717) is 0 Å². The van der Waals surface area contributed by atoms with E-state index < -0.39 is 16.9 Å². The van der Waals surface area contributed by atoms with E-state index in [4.69, 9.17) is 28.9 Å². The highest BCUT2D eigenvalue weighted by atomic mass is 35.5. The molecule has 0 saturated heterocycles. The quantitative estimate of drug-likeness (QED) is 0.646. The first-order valence-corrected chi connectivity index (χ1v) is 3.26. The van der Waals surface area contributed by atoms with Crippen LogP contribution in [0.25, 0.3) is 0 Å². The summed E-state index contributed by atoms with van der Waals surface area (Å²) in [6, 6.07) is 0. The molecule has 1 heterocycles. The molecule has 0 atom stereocenters. The molecule has 0 aromatic carbocycles. The summed E-state index contributed by atoms with van der Waals surface area (Å²) in [5.74, 6) is -2.01. The van der Waals surface area contributed by atoms with Crippen molar-refractivity contribution < 1.29 is 9.50 Å². The number of anilines is 1. The number of rotatable bonds is 0. The molecule has 0 spiro atoms. The molecule has 0 aliphatic heterocycles. The van der Waals surface area contributed by atoms with Gasteiger partial charge in [-0.1, -0.05) is 23.2 Å². The lowest BCUT2D eigenvalue weighted by Crippen LogP contribution is -1.93. The molecule has 1 aromatic heterocycles. The molecule has 1 rings (SSSR count). The van der Waals surface area contributed by atoms with Gasteiger partial charge in [-0.2, -0.15) is 9.37 Å². The zero-order valence-electron chi connectivity index (χ0n) is 5.07. The van der Waals surface area contributed by atoms with Gasteiger partial charge in [0.25, 0.3) is 5.88 Å². The van der Waals surface area contributed by atoms with Crippen LogP contribution in [0.5, 0.6) is 5.88 Å². The highest BCUT2D eigenvalue weighted by molar-refractivity contribution is 6.39. The van der Waals surface area contributed by atoms with Crippen LogP contribution in [0.1, 0.15) is 0 Å². The van der Waals surface area contributed by atoms with E-state index in [-0.39, 0.29) is 10.7 Å². The van der Waals surface area contributed by atoms with Crippen molar-refractivity contribution in [2.45, 2.75) is 0 Å². The number of nitrogens with zero attached hydrogens (tertiary/aromatic N) is 1. The summed E-state index contributed by atoms with van der Waals surface area (Å²) in [6.45, 7) is 0. The summed E-state index contributed by atoms with van der Waals surface area (Å²) in [5.41, 5.74) is 4.87. The van der Waals surface area contributed by atoms with Crippen molar-refractivity contribution >= 4 is 28.9 Å². The molecule has 2 N–H and O–H groups in total. The van der Waals surface area contributed by atoms with E-state index in [1.807, 2.05) is 0 Å². The minimum atomic E-state index is -1.10. The van der Waals surface area contributed by atoms with E-state index in [2.05, 4.69) is 4.98 Å². The van der Waals surface area contributed by atoms with E-state index in [9.17, 15) is 9.50 Å². The summed E-state index contributed by atoms with van der Waals surface area (Å²) in [4.78, 5) is 2.87. The van der Waals surface area contributed by atoms with E-state index >= 15 is 0 Å². The molecule has 1 radical (unpaired) electrons. The van der Waals surface area contributed by atoms with Crippen molar-refractivity contribution in [2.75, 3.05) is 5.73 Å². The Kier molecular flexibility index (Phi) is 2.06. The van der Waals surface area contributed by atoms with Gasteiger partial charge in [-0.15, -0.1) is 0 Å². The summed E-state index contributed by atoms with van der Waals surface area (Å²) in [7, 11) is 0. The highest BCUT2D eigenvalue weighted by Crippen LogP contribution is 2.34. The van der Waals surface area contributed by atoms with Crippen LogP contribution in [0.2, 0.25) is 10.0 Å². The predicted molar refractivity (Wildman–Crippen MR) is 38.8 cm³/mol. The molecule has 0 aliphatic rings. The number of halogens is 3. The van der Waals surface area contributed by atoms with Crippen LogP contribution in [0.3, 0.4) is 0 Å². The third kappa shape index (κ3) is 1.32. The average Bonchev–Trinajstić information content (AvgIpc) is 1.97. The molecule has 59 valence electrons. The molecule has 0 fully saturated rings. The molecule has 6 heteroatoms. The van der Waals surface area contributed by atoms with Gasteiger partial charge in [-0.3, -0.25) is 5.11 Å². The lowest BCUT2D eigenvalue weighted by Gasteiger charge is -2.00. The number of aromatic nitrogens is 1. The minimum absolute atomic E-state index is 0.272. The average molecular weight is 196 g/mol. The monoisotopic (exact) mass is 195 g/mol. The molecular weight excluding hydrogens is 194 g/mol. The second-order valence-electron chi connectivity index (χ2n) is 1.75. The topological polar surface area (TPSA) is 58.8 Å². The van der Waals surface area contributed by atoms with Crippen molar-refractivity contribution in [2.24, 2.45) is 0 Å². The summed E-state index contributed by atoms with van der Waals surface area (Å²) < 4.78 is 12.4. The number of nitrogen functional groups attached to an aromatic ring is 1. The Morgan fingerprint density at radius 3 is 2.45 bits per heavy atom. The SMILES string of the molecule is Nc1c(Cl)c([O])nc(F)c1Cl. The van der Waals surface area contributed by atoms with Gasteiger partial charge in [0.05, 0.1) is 5.69 Å². The van der Waals surface area contributed by atoms with Crippen LogP contribution in [-0.2, 0) is 5.11 Å². The molecular formula is C5H2Cl2FN2O. The van der Waals surface area contributed by atoms with Crippen molar-refractivity contribution in [1.82, 2.24) is 4.98 Å². The molecule has 0 amide bonds. The Morgan fingerprint density at radius 1 is 1.36 bits per heavy atom. The fourth-order valence-electron chi connectivity index (χ4n) is 0.510. The maximum atomic E-state index is 12.4. The van der Waals surface area contributed by atoms with Crippen LogP contribution < -0.4 is 5.73 Å². The Labute approximate surface area is 71.6 Å². The Bertz CT molecular complexity index is 279. The molecule has 0 unspecified atom stereocenters. The third-order valence-electron chi connectivity index (χ3n) is 1.04. The molecule has 3 nitrogen and oxygen atoms in total. The number of hydrogen-bond acceptors (Lipinski definition) is 2. The van der Waals surface area contributed by atoms with Gasteiger partial charge >= 0.3 is 0 Å². The fourth-order valence-corrected chi connectivity index (χ4v) is 0.832. The Hall–Kier alpha value is -0.740. The molecule has 0 aliphatic carbocycles. The van der Waals surface area contributed by atoms with Crippen LogP contribution in [0, 0.1) is 5.95 Å². The lowest BCUT2D eigenvalue weighted by molar-refractivity contribution is 0.330. The van der Waals surface area contributed by atoms with Crippen molar-refractivity contribution in [3.8, 4) is 5.88 Å². The van der Waals surface area contributed by atoms with E-state index in [1.54, 1.807) is 0 Å². The highest BCUT2D eigenvalue weighted by Gasteiger charge is 2.15. The predicted octanol–water partition coefficient (Wildman–Crippen LogP) is 2.25. The molecule has 1 aromatic rings. The number of pyridine rings is 1. The first-order chi connectivity index (χ1) is 5.04. The molecule has 0 saturated carbocycles. The van der Waals surface area contributed by atoms with Gasteiger partial charge in [0.1, 0.15) is 10.0 Å². The number of hydrogen-bond donors (Lipinski definition) is 1. The third-order valence-corrected chi connectivity index (χ3v) is 1.77. The Balaban J connectivity index is 3.46. The summed E-state index contributed by atoms with van der Waals surface area (Å²) in [5, 5.41) is 9.82. The van der Waals surface area contributed by atoms with Gasteiger partial charge < -0.3 is 5.73 Å². The van der Waals surface area contributed by atoms with Gasteiger partial charge in [-0.25, -0.2) is 0 Å². The fraction of sp³-hybridized carbons (Fsp3) is 0. The van der Waals surface area contributed by atoms with Gasteiger partial charge in [0.2, 0.25) is 5.95 Å².